The van der Waals surface area contributed by atoms with Gasteiger partial charge >= 0.3 is 0 Å². The van der Waals surface area contributed by atoms with Crippen molar-refractivity contribution in [1.82, 2.24) is 9.88 Å². The molecule has 0 aliphatic carbocycles. The van der Waals surface area contributed by atoms with E-state index in [0.29, 0.717) is 18.6 Å². The Morgan fingerprint density at radius 2 is 2.44 bits per heavy atom. The van der Waals surface area contributed by atoms with E-state index in [1.807, 2.05) is 0 Å². The molecule has 1 aliphatic heterocycles. The van der Waals surface area contributed by atoms with Crippen molar-refractivity contribution in [1.29, 1.82) is 0 Å². The van der Waals surface area contributed by atoms with E-state index >= 15 is 0 Å². The molecule has 1 atom stereocenters. The first-order valence-electron chi connectivity index (χ1n) is 6.12. The fourth-order valence-corrected chi connectivity index (χ4v) is 2.41. The molecular weight excluding hydrogens is 202 g/mol. The second-order valence-corrected chi connectivity index (χ2v) is 4.71. The average molecular weight is 223 g/mol. The van der Waals surface area contributed by atoms with Gasteiger partial charge in [-0.05, 0) is 39.8 Å². The quantitative estimate of drug-likeness (QED) is 0.844. The van der Waals surface area contributed by atoms with Crippen LogP contribution < -0.4 is 5.73 Å². The van der Waals surface area contributed by atoms with Crippen LogP contribution in [0.4, 0.5) is 0 Å². The number of nitrogens with zero attached hydrogens (tertiary/aromatic N) is 2. The van der Waals surface area contributed by atoms with Gasteiger partial charge in [0.2, 0.25) is 5.89 Å². The molecule has 1 aromatic heterocycles. The third-order valence-electron chi connectivity index (χ3n) is 3.21. The standard InChI is InChI=1S/C12H21N3O/c1-9(2)15-7-3-4-11(15)12-14-10(5-6-13)8-16-12/h8-9,11H,3-7,13H2,1-2H3. The van der Waals surface area contributed by atoms with Crippen molar-refractivity contribution < 1.29 is 4.42 Å². The molecule has 4 heteroatoms. The summed E-state index contributed by atoms with van der Waals surface area (Å²) in [5.41, 5.74) is 6.49. The van der Waals surface area contributed by atoms with E-state index in [-0.39, 0.29) is 0 Å². The van der Waals surface area contributed by atoms with Crippen LogP contribution in [0.3, 0.4) is 0 Å². The molecule has 1 fully saturated rings. The van der Waals surface area contributed by atoms with Crippen LogP contribution in [0.15, 0.2) is 10.7 Å². The molecule has 2 heterocycles. The first-order chi connectivity index (χ1) is 7.72. The Balaban J connectivity index is 2.10. The van der Waals surface area contributed by atoms with E-state index in [4.69, 9.17) is 10.2 Å². The number of hydrogen-bond donors (Lipinski definition) is 1. The molecule has 0 saturated carbocycles. The smallest absolute Gasteiger partial charge is 0.211 e. The van der Waals surface area contributed by atoms with Gasteiger partial charge in [-0.3, -0.25) is 4.90 Å². The largest absolute Gasteiger partial charge is 0.447 e. The van der Waals surface area contributed by atoms with E-state index in [1.54, 1.807) is 6.26 Å². The van der Waals surface area contributed by atoms with Crippen LogP contribution >= 0.6 is 0 Å². The summed E-state index contributed by atoms with van der Waals surface area (Å²) in [6, 6.07) is 0.920. The zero-order valence-corrected chi connectivity index (χ0v) is 10.1. The van der Waals surface area contributed by atoms with E-state index in [9.17, 15) is 0 Å². The van der Waals surface area contributed by atoms with Crippen molar-refractivity contribution in [2.45, 2.75) is 45.2 Å². The van der Waals surface area contributed by atoms with Crippen molar-refractivity contribution in [2.75, 3.05) is 13.1 Å². The van der Waals surface area contributed by atoms with Gasteiger partial charge in [0.1, 0.15) is 6.26 Å². The normalized spacial score (nSPS) is 22.1. The zero-order chi connectivity index (χ0) is 11.5. The summed E-state index contributed by atoms with van der Waals surface area (Å²) in [5.74, 6) is 0.870. The molecule has 0 amide bonds. The monoisotopic (exact) mass is 223 g/mol. The van der Waals surface area contributed by atoms with Gasteiger partial charge in [-0.25, -0.2) is 4.98 Å². The van der Waals surface area contributed by atoms with Crippen molar-refractivity contribution in [3.8, 4) is 0 Å². The number of rotatable bonds is 4. The molecule has 0 aromatic carbocycles. The van der Waals surface area contributed by atoms with Crippen LogP contribution in [-0.2, 0) is 6.42 Å². The third kappa shape index (κ3) is 2.28. The maximum Gasteiger partial charge on any atom is 0.211 e. The number of aromatic nitrogens is 1. The van der Waals surface area contributed by atoms with E-state index in [1.165, 1.54) is 6.42 Å². The van der Waals surface area contributed by atoms with Crippen molar-refractivity contribution in [3.63, 3.8) is 0 Å². The SMILES string of the molecule is CC(C)N1CCCC1c1nc(CCN)co1. The summed E-state index contributed by atoms with van der Waals surface area (Å²) in [6.45, 7) is 6.23. The molecule has 1 aliphatic rings. The Kier molecular flexibility index (Phi) is 3.61. The Bertz CT molecular complexity index is 335. The minimum absolute atomic E-state index is 0.367. The lowest BCUT2D eigenvalue weighted by atomic mass is 10.2. The molecule has 0 spiro atoms. The van der Waals surface area contributed by atoms with Gasteiger partial charge in [-0.1, -0.05) is 0 Å². The number of likely N-dealkylation sites (tertiary alicyclic amines) is 1. The lowest BCUT2D eigenvalue weighted by Gasteiger charge is -2.25. The van der Waals surface area contributed by atoms with E-state index in [2.05, 4.69) is 23.7 Å². The molecule has 90 valence electrons. The van der Waals surface area contributed by atoms with Crippen LogP contribution in [0.25, 0.3) is 0 Å². The predicted molar refractivity (Wildman–Crippen MR) is 63.1 cm³/mol. The van der Waals surface area contributed by atoms with Gasteiger partial charge in [0.25, 0.3) is 0 Å². The van der Waals surface area contributed by atoms with E-state index in [0.717, 1.165) is 31.0 Å². The highest BCUT2D eigenvalue weighted by Gasteiger charge is 2.31. The molecule has 2 rings (SSSR count). The summed E-state index contributed by atoms with van der Waals surface area (Å²) >= 11 is 0. The molecule has 4 nitrogen and oxygen atoms in total. The average Bonchev–Trinajstić information content (AvgIpc) is 2.83. The van der Waals surface area contributed by atoms with Crippen molar-refractivity contribution in [3.05, 3.63) is 17.8 Å². The first kappa shape index (κ1) is 11.6. The first-order valence-corrected chi connectivity index (χ1v) is 6.12. The fraction of sp³-hybridized carbons (Fsp3) is 0.750. The second-order valence-electron chi connectivity index (χ2n) is 4.71. The maximum atomic E-state index is 5.57. The summed E-state index contributed by atoms with van der Waals surface area (Å²) in [7, 11) is 0. The summed E-state index contributed by atoms with van der Waals surface area (Å²) in [5, 5.41) is 0. The molecule has 1 saturated heterocycles. The van der Waals surface area contributed by atoms with Crippen LogP contribution in [-0.4, -0.2) is 29.0 Å². The molecule has 1 unspecified atom stereocenters. The van der Waals surface area contributed by atoms with Gasteiger partial charge in [0.05, 0.1) is 11.7 Å². The van der Waals surface area contributed by atoms with Gasteiger partial charge in [0, 0.05) is 12.5 Å². The van der Waals surface area contributed by atoms with Gasteiger partial charge in [-0.15, -0.1) is 0 Å². The van der Waals surface area contributed by atoms with Gasteiger partial charge in [0.15, 0.2) is 0 Å². The topological polar surface area (TPSA) is 55.3 Å². The molecule has 0 bridgehead atoms. The van der Waals surface area contributed by atoms with Crippen molar-refractivity contribution >= 4 is 0 Å². The summed E-state index contributed by atoms with van der Waals surface area (Å²) < 4.78 is 5.57. The second kappa shape index (κ2) is 4.97. The molecular formula is C12H21N3O. The highest BCUT2D eigenvalue weighted by molar-refractivity contribution is 5.03. The number of hydrogen-bond acceptors (Lipinski definition) is 4. The minimum atomic E-state index is 0.367. The Labute approximate surface area is 96.8 Å². The lowest BCUT2D eigenvalue weighted by Crippen LogP contribution is -2.30. The van der Waals surface area contributed by atoms with Gasteiger partial charge in [-0.2, -0.15) is 0 Å². The molecule has 2 N–H and O–H groups in total. The highest BCUT2D eigenvalue weighted by Crippen LogP contribution is 2.32. The number of nitrogens with two attached hydrogens (primary N) is 1. The summed E-state index contributed by atoms with van der Waals surface area (Å²) in [6.07, 6.45) is 4.94. The van der Waals surface area contributed by atoms with Crippen LogP contribution in [0, 0.1) is 0 Å². The maximum absolute atomic E-state index is 5.57. The van der Waals surface area contributed by atoms with Gasteiger partial charge < -0.3 is 10.2 Å². The van der Waals surface area contributed by atoms with Crippen LogP contribution in [0.2, 0.25) is 0 Å². The van der Waals surface area contributed by atoms with Crippen LogP contribution in [0.1, 0.15) is 44.3 Å². The zero-order valence-electron chi connectivity index (χ0n) is 10.1. The predicted octanol–water partition coefficient (Wildman–Crippen LogP) is 1.72. The molecule has 16 heavy (non-hydrogen) atoms. The Hall–Kier alpha value is -0.870. The molecule has 1 aromatic rings. The van der Waals surface area contributed by atoms with Crippen LogP contribution in [0.5, 0.6) is 0 Å². The third-order valence-corrected chi connectivity index (χ3v) is 3.21. The fourth-order valence-electron chi connectivity index (χ4n) is 2.41. The number of oxazole rings is 1. The van der Waals surface area contributed by atoms with E-state index < -0.39 is 0 Å². The molecule has 0 radical (unpaired) electrons. The summed E-state index contributed by atoms with van der Waals surface area (Å²) in [4.78, 5) is 6.98. The minimum Gasteiger partial charge on any atom is -0.447 e. The Morgan fingerprint density at radius 3 is 3.12 bits per heavy atom. The Morgan fingerprint density at radius 1 is 1.62 bits per heavy atom. The lowest BCUT2D eigenvalue weighted by molar-refractivity contribution is 0.179. The van der Waals surface area contributed by atoms with Crippen molar-refractivity contribution in [2.24, 2.45) is 5.73 Å². The highest BCUT2D eigenvalue weighted by atomic mass is 16.3.